The number of hydrogen-bond donors (Lipinski definition) is 0. The maximum absolute atomic E-state index is 6.51. The summed E-state index contributed by atoms with van der Waals surface area (Å²) >= 11 is 0. The Morgan fingerprint density at radius 1 is 0.885 bits per heavy atom. The largest absolute Gasteiger partial charge is 0.466 e. The van der Waals surface area contributed by atoms with Crippen molar-refractivity contribution in [1.29, 1.82) is 0 Å². The summed E-state index contributed by atoms with van der Waals surface area (Å²) < 4.78 is 6.51. The molecule has 0 aliphatic heterocycles. The number of aromatic nitrogens is 1. The van der Waals surface area contributed by atoms with Gasteiger partial charge in [-0.25, -0.2) is 0 Å². The standard InChI is InChI=1S/C31H32NO.C16H29N2.Ir/c1-18(2)12-23-17-25-29(32-27-14-19(3)13-20(4)28(27)30(25)33-23)22-15-21-10-8-9-11-24(21)26(16-22)31(5,6)7;1-13(2)16(17-14-9-5-3-6-10-14)18-15-11-7-4-8-12-15;/h8-11,13-14,16-18H,12H2,1-7H3;13-15H,3-12H2,1-2H3;/q2*-1;. The molecule has 0 spiro atoms. The molecule has 2 fully saturated rings. The second kappa shape index (κ2) is 17.4. The Hall–Kier alpha value is -3.01. The Kier molecular flexibility index (Phi) is 13.5. The van der Waals surface area contributed by atoms with E-state index in [-0.39, 0.29) is 25.5 Å². The molecule has 52 heavy (non-hydrogen) atoms. The van der Waals surface area contributed by atoms with E-state index in [1.807, 2.05) is 0 Å². The molecule has 2 aliphatic carbocycles. The molecular weight excluding hydrogens is 815 g/mol. The van der Waals surface area contributed by atoms with Gasteiger partial charge in [-0.05, 0) is 66.4 Å². The number of rotatable bonds is 6. The molecular formula is C47H61IrN3O-2. The SMILES string of the molecule is CC(C)C(=NC1CCCCC1)[N-]C1CCCCC1.Cc1cc(C)c2c(c1)nc(-c1[c-]c3ccccc3c(C(C)(C)C)c1)c1cc(CC(C)C)oc12.[Ir]. The summed E-state index contributed by atoms with van der Waals surface area (Å²) in [7, 11) is 0. The second-order valence-electron chi connectivity index (χ2n) is 17.2. The molecule has 1 radical (unpaired) electrons. The van der Waals surface area contributed by atoms with E-state index in [4.69, 9.17) is 19.7 Å². The number of nitrogens with zero attached hydrogens (tertiary/aromatic N) is 3. The van der Waals surface area contributed by atoms with E-state index in [1.54, 1.807) is 0 Å². The maximum Gasteiger partial charge on any atom is 0.138 e. The van der Waals surface area contributed by atoms with Crippen molar-refractivity contribution < 1.29 is 24.5 Å². The van der Waals surface area contributed by atoms with E-state index in [0.29, 0.717) is 23.9 Å². The Morgan fingerprint density at radius 2 is 1.56 bits per heavy atom. The van der Waals surface area contributed by atoms with Gasteiger partial charge in [-0.15, -0.1) is 29.1 Å². The van der Waals surface area contributed by atoms with Crippen LogP contribution in [0.3, 0.4) is 0 Å². The molecule has 0 saturated heterocycles. The number of benzene rings is 3. The second-order valence-corrected chi connectivity index (χ2v) is 17.2. The van der Waals surface area contributed by atoms with Crippen LogP contribution in [0.5, 0.6) is 0 Å². The van der Waals surface area contributed by atoms with E-state index in [0.717, 1.165) is 56.5 Å². The topological polar surface area (TPSA) is 52.5 Å². The van der Waals surface area contributed by atoms with Gasteiger partial charge in [-0.3, -0.25) is 4.98 Å². The molecule has 2 aromatic heterocycles. The molecule has 5 heteroatoms. The average molecular weight is 876 g/mol. The van der Waals surface area contributed by atoms with Crippen LogP contribution in [-0.2, 0) is 31.9 Å². The van der Waals surface area contributed by atoms with Crippen LogP contribution in [-0.4, -0.2) is 22.9 Å². The number of amidine groups is 1. The van der Waals surface area contributed by atoms with Gasteiger partial charge in [-0.1, -0.05) is 154 Å². The first-order valence-electron chi connectivity index (χ1n) is 19.9. The van der Waals surface area contributed by atoms with Crippen LogP contribution in [0.15, 0.2) is 57.9 Å². The van der Waals surface area contributed by atoms with Crippen molar-refractivity contribution in [2.45, 2.75) is 150 Å². The molecule has 2 heterocycles. The van der Waals surface area contributed by atoms with Crippen LogP contribution in [0, 0.1) is 31.7 Å². The molecule has 7 rings (SSSR count). The van der Waals surface area contributed by atoms with Crippen molar-refractivity contribution in [1.82, 2.24) is 4.98 Å². The molecule has 2 aliphatic rings. The quantitative estimate of drug-likeness (QED) is 0.0969. The molecule has 281 valence electrons. The van der Waals surface area contributed by atoms with Gasteiger partial charge in [-0.2, -0.15) is 0 Å². The Balaban J connectivity index is 0.000000234. The first-order valence-corrected chi connectivity index (χ1v) is 19.9. The summed E-state index contributed by atoms with van der Waals surface area (Å²) in [5.41, 5.74) is 7.65. The zero-order valence-corrected chi connectivity index (χ0v) is 35.7. The van der Waals surface area contributed by atoms with Crippen LogP contribution in [0.1, 0.15) is 135 Å². The van der Waals surface area contributed by atoms with Gasteiger partial charge in [0.05, 0.1) is 5.52 Å². The minimum atomic E-state index is 0. The minimum Gasteiger partial charge on any atom is -0.466 e. The first kappa shape index (κ1) is 40.2. The van der Waals surface area contributed by atoms with E-state index in [1.165, 1.54) is 86.3 Å². The number of fused-ring (bicyclic) bond motifs is 4. The zero-order chi connectivity index (χ0) is 36.3. The van der Waals surface area contributed by atoms with Gasteiger partial charge >= 0.3 is 0 Å². The number of hydrogen-bond acceptors (Lipinski definition) is 3. The molecule has 3 aromatic carbocycles. The number of aliphatic imine (C=N–C) groups is 1. The predicted octanol–water partition coefficient (Wildman–Crippen LogP) is 13.8. The Morgan fingerprint density at radius 3 is 2.21 bits per heavy atom. The normalized spacial score (nSPS) is 16.4. The van der Waals surface area contributed by atoms with Crippen LogP contribution >= 0.6 is 0 Å². The van der Waals surface area contributed by atoms with Crippen LogP contribution in [0.2, 0.25) is 0 Å². The fourth-order valence-electron chi connectivity index (χ4n) is 8.13. The van der Waals surface area contributed by atoms with E-state index in [2.05, 4.69) is 117 Å². The summed E-state index contributed by atoms with van der Waals surface area (Å²) in [6.45, 7) is 20.0. The van der Waals surface area contributed by atoms with Crippen LogP contribution in [0.4, 0.5) is 0 Å². The fourth-order valence-corrected chi connectivity index (χ4v) is 8.13. The number of furan rings is 1. The number of aryl methyl sites for hydroxylation is 2. The predicted molar refractivity (Wildman–Crippen MR) is 219 cm³/mol. The monoisotopic (exact) mass is 876 g/mol. The zero-order valence-electron chi connectivity index (χ0n) is 33.3. The molecule has 4 nitrogen and oxygen atoms in total. The van der Waals surface area contributed by atoms with Crippen molar-refractivity contribution in [3.05, 3.63) is 82.4 Å². The summed E-state index contributed by atoms with van der Waals surface area (Å²) in [4.78, 5) is 10.2. The fraction of sp³-hybridized carbons (Fsp3) is 0.532. The van der Waals surface area contributed by atoms with Crippen molar-refractivity contribution in [3.8, 4) is 11.3 Å². The Labute approximate surface area is 327 Å². The first-order chi connectivity index (χ1) is 24.4. The van der Waals surface area contributed by atoms with Crippen LogP contribution in [0.25, 0.3) is 49.2 Å². The molecule has 2 saturated carbocycles. The van der Waals surface area contributed by atoms with E-state index in [9.17, 15) is 0 Å². The number of pyridine rings is 1. The third kappa shape index (κ3) is 9.55. The molecule has 0 N–H and O–H groups in total. The summed E-state index contributed by atoms with van der Waals surface area (Å²) in [5.74, 6) is 3.20. The molecule has 5 aromatic rings. The third-order valence-electron chi connectivity index (χ3n) is 10.7. The summed E-state index contributed by atoms with van der Waals surface area (Å²) in [6.07, 6.45) is 14.3. The van der Waals surface area contributed by atoms with Gasteiger partial charge < -0.3 is 14.7 Å². The van der Waals surface area contributed by atoms with Gasteiger partial charge in [0.1, 0.15) is 11.3 Å². The van der Waals surface area contributed by atoms with Crippen molar-refractivity contribution >= 4 is 38.5 Å². The van der Waals surface area contributed by atoms with Gasteiger partial charge in [0.15, 0.2) is 0 Å². The molecule has 0 atom stereocenters. The summed E-state index contributed by atoms with van der Waals surface area (Å²) in [5, 5.41) is 9.56. The molecule has 0 amide bonds. The minimum absolute atomic E-state index is 0. The smallest absolute Gasteiger partial charge is 0.138 e. The van der Waals surface area contributed by atoms with Gasteiger partial charge in [0.25, 0.3) is 0 Å². The molecule has 0 bridgehead atoms. The Bertz CT molecular complexity index is 1980. The van der Waals surface area contributed by atoms with E-state index >= 15 is 0 Å². The molecule has 0 unspecified atom stereocenters. The maximum atomic E-state index is 6.51. The van der Waals surface area contributed by atoms with Crippen LogP contribution < -0.4 is 0 Å². The van der Waals surface area contributed by atoms with Crippen molar-refractivity contribution in [2.75, 3.05) is 0 Å². The van der Waals surface area contributed by atoms with Gasteiger partial charge in [0.2, 0.25) is 0 Å². The summed E-state index contributed by atoms with van der Waals surface area (Å²) in [6, 6.07) is 22.3. The average Bonchev–Trinajstić information content (AvgIpc) is 3.50. The van der Waals surface area contributed by atoms with Crippen molar-refractivity contribution in [3.63, 3.8) is 0 Å². The van der Waals surface area contributed by atoms with Gasteiger partial charge in [0, 0.05) is 43.0 Å². The van der Waals surface area contributed by atoms with E-state index < -0.39 is 0 Å². The van der Waals surface area contributed by atoms with Crippen molar-refractivity contribution in [2.24, 2.45) is 16.8 Å². The third-order valence-corrected chi connectivity index (χ3v) is 10.7.